The fraction of sp³-hybridized carbons (Fsp3) is 0.152. The Morgan fingerprint density at radius 2 is 1.33 bits per heavy atom. The molecule has 39 heavy (non-hydrogen) atoms. The summed E-state index contributed by atoms with van der Waals surface area (Å²) in [7, 11) is 0. The van der Waals surface area contributed by atoms with Crippen LogP contribution in [-0.2, 0) is 13.1 Å². The minimum absolute atomic E-state index is 0. The topological polar surface area (TPSA) is 79.5 Å². The summed E-state index contributed by atoms with van der Waals surface area (Å²) < 4.78 is 1.87. The van der Waals surface area contributed by atoms with Crippen molar-refractivity contribution in [3.63, 3.8) is 0 Å². The molecule has 0 radical (unpaired) electrons. The van der Waals surface area contributed by atoms with E-state index in [-0.39, 0.29) is 7.43 Å². The van der Waals surface area contributed by atoms with Gasteiger partial charge in [-0.25, -0.2) is 4.68 Å². The van der Waals surface area contributed by atoms with Gasteiger partial charge in [-0.15, -0.1) is 11.5 Å². The Labute approximate surface area is 231 Å². The molecule has 0 aliphatic heterocycles. The Morgan fingerprint density at radius 1 is 0.795 bits per heavy atom. The van der Waals surface area contributed by atoms with Gasteiger partial charge in [0.1, 0.15) is 5.69 Å². The normalized spacial score (nSPS) is 9.26. The van der Waals surface area contributed by atoms with Crippen LogP contribution in [0.5, 0.6) is 0 Å². The molecular formula is C33H34N6. The predicted molar refractivity (Wildman–Crippen MR) is 161 cm³/mol. The first-order chi connectivity index (χ1) is 18.6. The molecule has 196 valence electrons. The largest absolute Gasteiger partial charge is 0.247 e. The number of hydrogen-bond donors (Lipinski definition) is 0. The summed E-state index contributed by atoms with van der Waals surface area (Å²) in [6.45, 7) is 5.31. The van der Waals surface area contributed by atoms with Crippen molar-refractivity contribution in [3.8, 4) is 23.6 Å². The highest BCUT2D eigenvalue weighted by Gasteiger charge is 2.04. The fourth-order valence-electron chi connectivity index (χ4n) is 3.35. The average molecular weight is 515 g/mol. The number of aryl methyl sites for hydroxylation is 2. The molecule has 0 N–H and O–H groups in total. The molecule has 0 spiro atoms. The molecule has 0 atom stereocenters. The van der Waals surface area contributed by atoms with Gasteiger partial charge < -0.3 is 0 Å². The van der Waals surface area contributed by atoms with Gasteiger partial charge in [0, 0.05) is 16.0 Å². The van der Waals surface area contributed by atoms with E-state index in [0.29, 0.717) is 6.54 Å². The lowest BCUT2D eigenvalue weighted by atomic mass is 10.1. The lowest BCUT2D eigenvalue weighted by Gasteiger charge is -1.99. The van der Waals surface area contributed by atoms with Crippen LogP contribution >= 0.6 is 0 Å². The zero-order valence-electron chi connectivity index (χ0n) is 21.6. The van der Waals surface area contributed by atoms with E-state index in [1.165, 1.54) is 16.7 Å². The van der Waals surface area contributed by atoms with Gasteiger partial charge in [0.2, 0.25) is 0 Å². The van der Waals surface area contributed by atoms with Crippen LogP contribution in [0, 0.1) is 26.2 Å². The second kappa shape index (κ2) is 16.6. The van der Waals surface area contributed by atoms with Crippen molar-refractivity contribution >= 4 is 0 Å². The maximum absolute atomic E-state index is 7.99. The molecule has 0 saturated heterocycles. The Hall–Kier alpha value is -5.11. The lowest BCUT2D eigenvalue weighted by Crippen LogP contribution is -1.99. The first kappa shape index (κ1) is 30.1. The second-order valence-corrected chi connectivity index (χ2v) is 8.54. The summed E-state index contributed by atoms with van der Waals surface area (Å²) in [4.78, 5) is 2.66. The third kappa shape index (κ3) is 10.8. The monoisotopic (exact) mass is 514 g/mol. The van der Waals surface area contributed by atoms with Gasteiger partial charge in [0.25, 0.3) is 0 Å². The molecule has 0 aliphatic rings. The Bertz CT molecular complexity index is 1460. The van der Waals surface area contributed by atoms with Crippen molar-refractivity contribution in [1.82, 2.24) is 15.0 Å². The number of azide groups is 1. The van der Waals surface area contributed by atoms with Crippen molar-refractivity contribution in [2.24, 2.45) is 5.11 Å². The molecule has 4 aromatic carbocycles. The van der Waals surface area contributed by atoms with Crippen LogP contribution in [0.3, 0.4) is 0 Å². The van der Waals surface area contributed by atoms with Crippen LogP contribution in [-0.4, -0.2) is 15.0 Å². The van der Waals surface area contributed by atoms with E-state index in [9.17, 15) is 0 Å². The fourth-order valence-corrected chi connectivity index (χ4v) is 3.35. The highest BCUT2D eigenvalue weighted by Crippen LogP contribution is 2.16. The third-order valence-electron chi connectivity index (χ3n) is 5.45. The second-order valence-electron chi connectivity index (χ2n) is 8.54. The van der Waals surface area contributed by atoms with Gasteiger partial charge in [-0.2, -0.15) is 0 Å². The van der Waals surface area contributed by atoms with Gasteiger partial charge >= 0.3 is 0 Å². The van der Waals surface area contributed by atoms with Crippen LogP contribution in [0.25, 0.3) is 21.7 Å². The quantitative estimate of drug-likeness (QED) is 0.102. The van der Waals surface area contributed by atoms with Crippen LogP contribution < -0.4 is 0 Å². The summed E-state index contributed by atoms with van der Waals surface area (Å²) in [5.41, 5.74) is 15.7. The number of terminal acetylenes is 1. The summed E-state index contributed by atoms with van der Waals surface area (Å²) in [6.07, 6.45) is 7.13. The minimum Gasteiger partial charge on any atom is -0.247 e. The zero-order valence-corrected chi connectivity index (χ0v) is 21.6. The van der Waals surface area contributed by atoms with Gasteiger partial charge in [-0.05, 0) is 42.6 Å². The zero-order chi connectivity index (χ0) is 27.0. The number of hydrogen-bond acceptors (Lipinski definition) is 3. The number of aromatic nitrogens is 3. The van der Waals surface area contributed by atoms with E-state index in [0.717, 1.165) is 28.9 Å². The summed E-state index contributed by atoms with van der Waals surface area (Å²) in [5, 5.41) is 11.8. The minimum atomic E-state index is 0. The molecule has 0 fully saturated rings. The molecule has 0 aliphatic carbocycles. The molecular weight excluding hydrogens is 480 g/mol. The van der Waals surface area contributed by atoms with Crippen molar-refractivity contribution < 1.29 is 0 Å². The summed E-state index contributed by atoms with van der Waals surface area (Å²) in [6, 6.07) is 36.1. The van der Waals surface area contributed by atoms with E-state index < -0.39 is 0 Å². The van der Waals surface area contributed by atoms with Crippen LogP contribution in [0.2, 0.25) is 0 Å². The van der Waals surface area contributed by atoms with E-state index in [1.807, 2.05) is 90.6 Å². The number of nitrogens with zero attached hydrogens (tertiary/aromatic N) is 6. The van der Waals surface area contributed by atoms with E-state index in [4.69, 9.17) is 12.0 Å². The highest BCUT2D eigenvalue weighted by molar-refractivity contribution is 5.57. The van der Waals surface area contributed by atoms with Crippen LogP contribution in [0.4, 0.5) is 0 Å². The highest BCUT2D eigenvalue weighted by atomic mass is 15.4. The summed E-state index contributed by atoms with van der Waals surface area (Å²) >= 11 is 0. The SMILES string of the molecule is C.C#Cc1ccc(C)cc1.Cc1ccc(-c2cn(Cc3ccccc3)nn2)cc1.[N-]=[N+]=NCc1ccccc1. The first-order valence-electron chi connectivity index (χ1n) is 12.2. The Balaban J connectivity index is 0.000000226. The van der Waals surface area contributed by atoms with Crippen molar-refractivity contribution in [1.29, 1.82) is 0 Å². The molecule has 1 aromatic heterocycles. The number of benzene rings is 4. The van der Waals surface area contributed by atoms with Crippen molar-refractivity contribution in [3.05, 3.63) is 154 Å². The smallest absolute Gasteiger partial charge is 0.113 e. The van der Waals surface area contributed by atoms with Crippen LogP contribution in [0.1, 0.15) is 35.2 Å². The van der Waals surface area contributed by atoms with E-state index >= 15 is 0 Å². The van der Waals surface area contributed by atoms with Crippen molar-refractivity contribution in [2.75, 3.05) is 0 Å². The van der Waals surface area contributed by atoms with Crippen LogP contribution in [0.15, 0.2) is 121 Å². The first-order valence-corrected chi connectivity index (χ1v) is 12.2. The molecule has 5 rings (SSSR count). The van der Waals surface area contributed by atoms with Crippen molar-refractivity contribution in [2.45, 2.75) is 34.4 Å². The molecule has 1 heterocycles. The molecule has 0 unspecified atom stereocenters. The average Bonchev–Trinajstić information content (AvgIpc) is 3.43. The Kier molecular flexibility index (Phi) is 12.8. The maximum Gasteiger partial charge on any atom is 0.113 e. The predicted octanol–water partition coefficient (Wildman–Crippen LogP) is 8.41. The number of rotatable bonds is 5. The standard InChI is InChI=1S/C16H15N3.C9H8.C7H7N3.CH4/c1-13-7-9-15(10-8-13)16-12-19(18-17-16)11-14-5-3-2-4-6-14;1-3-9-6-4-8(2)5-7-9;8-10-9-6-7-4-2-1-3-5-7;/h2-10,12H,11H2,1H3;1,4-7H,2H3;1-5H,6H2;1H4. The van der Waals surface area contributed by atoms with Gasteiger partial charge in [-0.3, -0.25) is 0 Å². The molecule has 6 heteroatoms. The molecule has 6 nitrogen and oxygen atoms in total. The maximum atomic E-state index is 7.99. The molecule has 5 aromatic rings. The third-order valence-corrected chi connectivity index (χ3v) is 5.45. The van der Waals surface area contributed by atoms with Gasteiger partial charge in [0.15, 0.2) is 0 Å². The lowest BCUT2D eigenvalue weighted by molar-refractivity contribution is 0.650. The summed E-state index contributed by atoms with van der Waals surface area (Å²) in [5.74, 6) is 2.55. The van der Waals surface area contributed by atoms with Gasteiger partial charge in [-0.1, -0.05) is 132 Å². The van der Waals surface area contributed by atoms with Gasteiger partial charge in [0.05, 0.1) is 19.3 Å². The van der Waals surface area contributed by atoms with E-state index in [2.05, 4.69) is 69.6 Å². The Morgan fingerprint density at radius 3 is 1.87 bits per heavy atom. The van der Waals surface area contributed by atoms with E-state index in [1.54, 1.807) is 0 Å². The molecule has 0 bridgehead atoms. The molecule has 0 saturated carbocycles. The molecule has 0 amide bonds.